The Hall–Kier alpha value is -5.65. The minimum absolute atomic E-state index is 0.0952. The third-order valence-corrected chi connectivity index (χ3v) is 7.68. The molecule has 0 unspecified atom stereocenters. The van der Waals surface area contributed by atoms with Crippen LogP contribution in [0.15, 0.2) is 90.2 Å². The van der Waals surface area contributed by atoms with Gasteiger partial charge in [0.2, 0.25) is 0 Å². The summed E-state index contributed by atoms with van der Waals surface area (Å²) in [6, 6.07) is 15.3. The van der Waals surface area contributed by atoms with Crippen molar-refractivity contribution in [1.82, 2.24) is 24.4 Å². The zero-order valence-corrected chi connectivity index (χ0v) is 26.1. The lowest BCUT2D eigenvalue weighted by Crippen LogP contribution is -2.41. The highest BCUT2D eigenvalue weighted by Gasteiger charge is 2.28. The molecule has 0 atom stereocenters. The van der Waals surface area contributed by atoms with Crippen LogP contribution in [0.4, 0.5) is 15.0 Å². The van der Waals surface area contributed by atoms with Crippen LogP contribution in [0.25, 0.3) is 16.6 Å². The van der Waals surface area contributed by atoms with Crippen LogP contribution in [-0.4, -0.2) is 55.1 Å². The van der Waals surface area contributed by atoms with E-state index in [1.54, 1.807) is 41.6 Å². The Balaban J connectivity index is 1.13. The van der Waals surface area contributed by atoms with Gasteiger partial charge in [-0.15, -0.1) is 0 Å². The molecule has 0 radical (unpaired) electrons. The molecule has 0 bridgehead atoms. The average Bonchev–Trinajstić information content (AvgIpc) is 3.05. The highest BCUT2D eigenvalue weighted by molar-refractivity contribution is 6.03. The van der Waals surface area contributed by atoms with E-state index in [1.807, 2.05) is 26.8 Å². The summed E-state index contributed by atoms with van der Waals surface area (Å²) in [6.45, 7) is 6.74. The molecule has 1 N–H and O–H groups in total. The molecule has 4 aromatic heterocycles. The van der Waals surface area contributed by atoms with Gasteiger partial charge in [0.15, 0.2) is 0 Å². The van der Waals surface area contributed by atoms with Gasteiger partial charge in [0.25, 0.3) is 11.5 Å². The SMILES string of the molecule is CC(C)(C)OC(=O)N1CCC(c2cc3c(Oc4ccc(NC(=O)c5cccn(-c6ccc(F)cc6)c5=O)nc4)ccnc3cn2)CC1. The monoisotopic (exact) mass is 636 g/mol. The Morgan fingerprint density at radius 3 is 2.43 bits per heavy atom. The van der Waals surface area contributed by atoms with Crippen LogP contribution < -0.4 is 15.6 Å². The molecular weight excluding hydrogens is 603 g/mol. The minimum Gasteiger partial charge on any atom is -0.455 e. The van der Waals surface area contributed by atoms with E-state index in [-0.39, 0.29) is 23.4 Å². The molecule has 0 saturated carbocycles. The molecule has 5 aromatic rings. The molecule has 12 heteroatoms. The molecule has 240 valence electrons. The number of nitrogens with zero attached hydrogens (tertiary/aromatic N) is 5. The van der Waals surface area contributed by atoms with Crippen molar-refractivity contribution in [2.45, 2.75) is 45.1 Å². The number of amides is 2. The van der Waals surface area contributed by atoms with E-state index in [0.29, 0.717) is 35.8 Å². The standard InChI is InChI=1S/C35H33FN6O5/c1-35(2,3)47-34(45)41-17-13-22(14-18-41)28-19-27-29(21-38-28)37-15-12-30(27)46-25-10-11-31(39-20-25)40-32(43)26-5-4-16-42(33(26)44)24-8-6-23(36)7-9-24/h4-12,15-16,19-22H,13-14,17-18H2,1-3H3,(H,39,40,43). The summed E-state index contributed by atoms with van der Waals surface area (Å²) in [4.78, 5) is 53.6. The van der Waals surface area contributed by atoms with Gasteiger partial charge < -0.3 is 19.7 Å². The maximum atomic E-state index is 13.3. The number of carbonyl (C=O) groups is 2. The molecular formula is C35H33FN6O5. The number of rotatable bonds is 6. The van der Waals surface area contributed by atoms with Crippen LogP contribution in [0.5, 0.6) is 11.5 Å². The second-order valence-corrected chi connectivity index (χ2v) is 12.2. The lowest BCUT2D eigenvalue weighted by atomic mass is 9.92. The Morgan fingerprint density at radius 1 is 0.957 bits per heavy atom. The molecule has 11 nitrogen and oxygen atoms in total. The summed E-state index contributed by atoms with van der Waals surface area (Å²) < 4.78 is 26.3. The van der Waals surface area contributed by atoms with Crippen molar-refractivity contribution in [2.24, 2.45) is 0 Å². The van der Waals surface area contributed by atoms with Gasteiger partial charge in [-0.3, -0.25) is 24.1 Å². The van der Waals surface area contributed by atoms with E-state index in [9.17, 15) is 18.8 Å². The average molecular weight is 637 g/mol. The minimum atomic E-state index is -0.635. The summed E-state index contributed by atoms with van der Waals surface area (Å²) in [6.07, 6.45) is 7.56. The third kappa shape index (κ3) is 7.27. The van der Waals surface area contributed by atoms with Crippen molar-refractivity contribution in [3.63, 3.8) is 0 Å². The summed E-state index contributed by atoms with van der Waals surface area (Å²) >= 11 is 0. The first kappa shape index (κ1) is 31.3. The Morgan fingerprint density at radius 2 is 1.72 bits per heavy atom. The first-order valence-electron chi connectivity index (χ1n) is 15.2. The van der Waals surface area contributed by atoms with Gasteiger partial charge in [-0.1, -0.05) is 0 Å². The Kier molecular flexibility index (Phi) is 8.66. The molecule has 2 amide bonds. The largest absolute Gasteiger partial charge is 0.455 e. The maximum absolute atomic E-state index is 13.3. The van der Waals surface area contributed by atoms with Crippen molar-refractivity contribution in [3.05, 3.63) is 113 Å². The van der Waals surface area contributed by atoms with Gasteiger partial charge in [0, 0.05) is 48.2 Å². The van der Waals surface area contributed by atoms with Gasteiger partial charge in [0.05, 0.1) is 17.9 Å². The van der Waals surface area contributed by atoms with Gasteiger partial charge in [-0.05, 0) is 94.3 Å². The second-order valence-electron chi connectivity index (χ2n) is 12.2. The molecule has 0 spiro atoms. The summed E-state index contributed by atoms with van der Waals surface area (Å²) in [5, 5.41) is 3.43. The number of hydrogen-bond donors (Lipinski definition) is 1. The van der Waals surface area contributed by atoms with Crippen LogP contribution in [0, 0.1) is 5.82 Å². The molecule has 1 aromatic carbocycles. The van der Waals surface area contributed by atoms with E-state index in [1.165, 1.54) is 47.3 Å². The number of anilines is 1. The quantitative estimate of drug-likeness (QED) is 0.225. The number of benzene rings is 1. The Bertz CT molecular complexity index is 1980. The molecule has 1 aliphatic rings. The van der Waals surface area contributed by atoms with Gasteiger partial charge in [0.1, 0.15) is 34.3 Å². The summed E-state index contributed by atoms with van der Waals surface area (Å²) in [5.41, 5.74) is 0.812. The number of ether oxygens (including phenoxy) is 2. The summed E-state index contributed by atoms with van der Waals surface area (Å²) in [5.74, 6) is 0.321. The van der Waals surface area contributed by atoms with Crippen LogP contribution in [-0.2, 0) is 4.74 Å². The fraction of sp³-hybridized carbons (Fsp3) is 0.257. The van der Waals surface area contributed by atoms with E-state index >= 15 is 0 Å². The number of hydrogen-bond acceptors (Lipinski definition) is 8. The maximum Gasteiger partial charge on any atom is 0.410 e. The van der Waals surface area contributed by atoms with Crippen molar-refractivity contribution in [3.8, 4) is 17.2 Å². The van der Waals surface area contributed by atoms with Crippen molar-refractivity contribution in [2.75, 3.05) is 18.4 Å². The molecule has 1 fully saturated rings. The van der Waals surface area contributed by atoms with Gasteiger partial charge in [-0.25, -0.2) is 14.2 Å². The van der Waals surface area contributed by atoms with E-state index in [4.69, 9.17) is 9.47 Å². The van der Waals surface area contributed by atoms with Crippen molar-refractivity contribution < 1.29 is 23.5 Å². The number of carbonyl (C=O) groups excluding carboxylic acids is 2. The predicted molar refractivity (Wildman–Crippen MR) is 174 cm³/mol. The zero-order chi connectivity index (χ0) is 33.1. The van der Waals surface area contributed by atoms with Crippen LogP contribution in [0.3, 0.4) is 0 Å². The van der Waals surface area contributed by atoms with E-state index in [2.05, 4.69) is 20.3 Å². The first-order chi connectivity index (χ1) is 22.5. The van der Waals surface area contributed by atoms with Gasteiger partial charge >= 0.3 is 6.09 Å². The number of halogens is 1. The molecule has 6 rings (SSSR count). The molecule has 0 aliphatic carbocycles. The normalized spacial score (nSPS) is 13.7. The van der Waals surface area contributed by atoms with E-state index < -0.39 is 22.9 Å². The Labute approximate surface area is 270 Å². The predicted octanol–water partition coefficient (Wildman–Crippen LogP) is 6.47. The number of likely N-dealkylation sites (tertiary alicyclic amines) is 1. The molecule has 47 heavy (non-hydrogen) atoms. The topological polar surface area (TPSA) is 129 Å². The number of pyridine rings is 4. The summed E-state index contributed by atoms with van der Waals surface area (Å²) in [7, 11) is 0. The lowest BCUT2D eigenvalue weighted by molar-refractivity contribution is 0.0204. The molecule has 1 saturated heterocycles. The van der Waals surface area contributed by atoms with Gasteiger partial charge in [-0.2, -0.15) is 0 Å². The molecule has 5 heterocycles. The highest BCUT2D eigenvalue weighted by atomic mass is 19.1. The fourth-order valence-electron chi connectivity index (χ4n) is 5.33. The van der Waals surface area contributed by atoms with Crippen molar-refractivity contribution in [1.29, 1.82) is 0 Å². The molecule has 1 aliphatic heterocycles. The van der Waals surface area contributed by atoms with Crippen LogP contribution in [0.2, 0.25) is 0 Å². The number of fused-ring (bicyclic) bond motifs is 1. The van der Waals surface area contributed by atoms with E-state index in [0.717, 1.165) is 23.9 Å². The van der Waals surface area contributed by atoms with Crippen molar-refractivity contribution >= 4 is 28.7 Å². The lowest BCUT2D eigenvalue weighted by Gasteiger charge is -2.33. The number of aromatic nitrogens is 4. The third-order valence-electron chi connectivity index (χ3n) is 7.68. The number of piperidine rings is 1. The van der Waals surface area contributed by atoms with Crippen LogP contribution >= 0.6 is 0 Å². The smallest absolute Gasteiger partial charge is 0.410 e. The second kappa shape index (κ2) is 13.0. The number of nitrogens with one attached hydrogen (secondary N) is 1. The van der Waals surface area contributed by atoms with Crippen LogP contribution in [0.1, 0.15) is 55.6 Å². The first-order valence-corrected chi connectivity index (χ1v) is 15.2. The highest BCUT2D eigenvalue weighted by Crippen LogP contribution is 2.33. The zero-order valence-electron chi connectivity index (χ0n) is 26.1. The fourth-order valence-corrected chi connectivity index (χ4v) is 5.33.